The van der Waals surface area contributed by atoms with Crippen LogP contribution in [-0.4, -0.2) is 12.1 Å². The Hall–Kier alpha value is -0.790. The van der Waals surface area contributed by atoms with Gasteiger partial charge in [0.25, 0.3) is 0 Å². The fraction of sp³-hybridized carbons (Fsp3) is 0.625. The Morgan fingerprint density at radius 3 is 3.00 bits per heavy atom. The first-order valence-electron chi connectivity index (χ1n) is 3.54. The quantitative estimate of drug-likeness (QED) is 0.429. The smallest absolute Gasteiger partial charge is 0.306 e. The minimum Gasteiger partial charge on any atom is -0.462 e. The third-order valence-corrected chi connectivity index (χ3v) is 1.81. The van der Waals surface area contributed by atoms with Gasteiger partial charge in [-0.15, -0.1) is 6.58 Å². The van der Waals surface area contributed by atoms with Crippen LogP contribution in [0.2, 0.25) is 0 Å². The molecule has 1 aliphatic rings. The Kier molecular flexibility index (Phi) is 2.10. The molecule has 0 unspecified atom stereocenters. The van der Waals surface area contributed by atoms with E-state index in [0.29, 0.717) is 12.3 Å². The molecule has 1 saturated heterocycles. The second kappa shape index (κ2) is 2.86. The van der Waals surface area contributed by atoms with E-state index in [4.69, 9.17) is 4.74 Å². The summed E-state index contributed by atoms with van der Waals surface area (Å²) in [5, 5.41) is 0. The molecular weight excluding hydrogens is 128 g/mol. The molecule has 1 rings (SSSR count). The first-order chi connectivity index (χ1) is 4.74. The van der Waals surface area contributed by atoms with Crippen molar-refractivity contribution in [3.05, 3.63) is 12.7 Å². The van der Waals surface area contributed by atoms with Crippen LogP contribution in [0.25, 0.3) is 0 Å². The van der Waals surface area contributed by atoms with Crippen LogP contribution in [0.1, 0.15) is 19.8 Å². The van der Waals surface area contributed by atoms with E-state index in [2.05, 4.69) is 6.58 Å². The molecule has 1 aliphatic heterocycles. The second-order valence-electron chi connectivity index (χ2n) is 2.73. The number of cyclic esters (lactones) is 1. The van der Waals surface area contributed by atoms with Gasteiger partial charge in [-0.2, -0.15) is 0 Å². The van der Waals surface area contributed by atoms with Gasteiger partial charge in [0.05, 0.1) is 6.42 Å². The third kappa shape index (κ3) is 1.38. The van der Waals surface area contributed by atoms with Gasteiger partial charge in [0, 0.05) is 12.3 Å². The Morgan fingerprint density at radius 1 is 1.90 bits per heavy atom. The average molecular weight is 140 g/mol. The summed E-state index contributed by atoms with van der Waals surface area (Å²) in [4.78, 5) is 10.7. The molecule has 56 valence electrons. The van der Waals surface area contributed by atoms with Crippen molar-refractivity contribution in [2.45, 2.75) is 25.9 Å². The molecule has 0 bridgehead atoms. The van der Waals surface area contributed by atoms with Crippen molar-refractivity contribution in [1.29, 1.82) is 0 Å². The molecule has 1 heterocycles. The molecule has 0 radical (unpaired) electrons. The van der Waals surface area contributed by atoms with E-state index in [-0.39, 0.29) is 12.1 Å². The number of carbonyl (C=O) groups is 1. The molecular formula is C8H12O2. The maximum absolute atomic E-state index is 10.7. The molecule has 10 heavy (non-hydrogen) atoms. The van der Waals surface area contributed by atoms with Gasteiger partial charge in [-0.3, -0.25) is 4.79 Å². The molecule has 1 fully saturated rings. The largest absolute Gasteiger partial charge is 0.462 e. The zero-order valence-electron chi connectivity index (χ0n) is 6.17. The van der Waals surface area contributed by atoms with Crippen LogP contribution in [-0.2, 0) is 9.53 Å². The lowest BCUT2D eigenvalue weighted by Crippen LogP contribution is -2.11. The number of ether oxygens (including phenoxy) is 1. The Balaban J connectivity index is 2.45. The van der Waals surface area contributed by atoms with Gasteiger partial charge in [0.15, 0.2) is 0 Å². The van der Waals surface area contributed by atoms with E-state index in [0.717, 1.165) is 6.42 Å². The number of hydrogen-bond donors (Lipinski definition) is 0. The van der Waals surface area contributed by atoms with Gasteiger partial charge in [0.2, 0.25) is 0 Å². The number of rotatable bonds is 2. The third-order valence-electron chi connectivity index (χ3n) is 1.81. The fourth-order valence-electron chi connectivity index (χ4n) is 1.17. The predicted octanol–water partition coefficient (Wildman–Crippen LogP) is 1.51. The van der Waals surface area contributed by atoms with Crippen LogP contribution in [0, 0.1) is 5.92 Å². The summed E-state index contributed by atoms with van der Waals surface area (Å²) in [7, 11) is 0. The van der Waals surface area contributed by atoms with Crippen molar-refractivity contribution >= 4 is 5.97 Å². The minimum absolute atomic E-state index is 0.0700. The number of esters is 1. The summed E-state index contributed by atoms with van der Waals surface area (Å²) in [6.07, 6.45) is 3.23. The Morgan fingerprint density at radius 2 is 2.60 bits per heavy atom. The molecule has 0 aromatic heterocycles. The monoisotopic (exact) mass is 140 g/mol. The first-order valence-corrected chi connectivity index (χ1v) is 3.54. The zero-order chi connectivity index (χ0) is 7.56. The number of carbonyl (C=O) groups excluding carboxylic acids is 1. The van der Waals surface area contributed by atoms with Gasteiger partial charge in [-0.1, -0.05) is 13.0 Å². The van der Waals surface area contributed by atoms with Crippen LogP contribution in [0.3, 0.4) is 0 Å². The van der Waals surface area contributed by atoms with Crippen LogP contribution < -0.4 is 0 Å². The van der Waals surface area contributed by atoms with E-state index in [1.807, 2.05) is 6.92 Å². The van der Waals surface area contributed by atoms with Crippen molar-refractivity contribution in [2.24, 2.45) is 5.92 Å². The molecule has 0 amide bonds. The molecule has 2 nitrogen and oxygen atoms in total. The van der Waals surface area contributed by atoms with E-state index >= 15 is 0 Å². The van der Waals surface area contributed by atoms with Gasteiger partial charge in [-0.05, 0) is 0 Å². The highest BCUT2D eigenvalue weighted by atomic mass is 16.5. The van der Waals surface area contributed by atoms with E-state index in [9.17, 15) is 4.79 Å². The van der Waals surface area contributed by atoms with Crippen LogP contribution in [0.5, 0.6) is 0 Å². The summed E-state index contributed by atoms with van der Waals surface area (Å²) in [5.41, 5.74) is 0. The van der Waals surface area contributed by atoms with Crippen molar-refractivity contribution < 1.29 is 9.53 Å². The lowest BCUT2D eigenvalue weighted by Gasteiger charge is -2.09. The zero-order valence-corrected chi connectivity index (χ0v) is 6.17. The van der Waals surface area contributed by atoms with Crippen molar-refractivity contribution in [3.8, 4) is 0 Å². The van der Waals surface area contributed by atoms with E-state index < -0.39 is 0 Å². The molecule has 0 aliphatic carbocycles. The molecule has 0 N–H and O–H groups in total. The summed E-state index contributed by atoms with van der Waals surface area (Å²) in [6.45, 7) is 5.62. The normalized spacial score (nSPS) is 31.9. The molecule has 2 heteroatoms. The molecule has 0 aromatic carbocycles. The predicted molar refractivity (Wildman–Crippen MR) is 38.5 cm³/mol. The minimum atomic E-state index is -0.0700. The Labute approximate surface area is 60.9 Å². The highest BCUT2D eigenvalue weighted by Crippen LogP contribution is 2.23. The van der Waals surface area contributed by atoms with Crippen molar-refractivity contribution in [2.75, 3.05) is 0 Å². The standard InChI is InChI=1S/C8H12O2/c1-3-4-7-6(2)5-8(9)10-7/h3,6-7H,1,4-5H2,2H3/t6-,7+/m1/s1. The lowest BCUT2D eigenvalue weighted by atomic mass is 10.0. The summed E-state index contributed by atoms with van der Waals surface area (Å²) in [5.74, 6) is 0.296. The first kappa shape index (κ1) is 7.32. The van der Waals surface area contributed by atoms with Crippen molar-refractivity contribution in [1.82, 2.24) is 0 Å². The highest BCUT2D eigenvalue weighted by molar-refractivity contribution is 5.72. The molecule has 0 saturated carbocycles. The van der Waals surface area contributed by atoms with Gasteiger partial charge >= 0.3 is 5.97 Å². The maximum atomic E-state index is 10.7. The highest BCUT2D eigenvalue weighted by Gasteiger charge is 2.29. The van der Waals surface area contributed by atoms with Gasteiger partial charge in [0.1, 0.15) is 6.10 Å². The summed E-state index contributed by atoms with van der Waals surface area (Å²) in [6, 6.07) is 0. The van der Waals surface area contributed by atoms with Crippen LogP contribution in [0.15, 0.2) is 12.7 Å². The van der Waals surface area contributed by atoms with Crippen LogP contribution >= 0.6 is 0 Å². The topological polar surface area (TPSA) is 26.3 Å². The van der Waals surface area contributed by atoms with Gasteiger partial charge < -0.3 is 4.74 Å². The SMILES string of the molecule is C=CC[C@@H]1OC(=O)C[C@H]1C. The fourth-order valence-corrected chi connectivity index (χ4v) is 1.17. The summed E-state index contributed by atoms with van der Waals surface area (Å²) >= 11 is 0. The molecule has 2 atom stereocenters. The van der Waals surface area contributed by atoms with E-state index in [1.54, 1.807) is 6.08 Å². The summed E-state index contributed by atoms with van der Waals surface area (Å²) < 4.78 is 5.00. The Bertz CT molecular complexity index is 151. The van der Waals surface area contributed by atoms with Crippen molar-refractivity contribution in [3.63, 3.8) is 0 Å². The number of hydrogen-bond acceptors (Lipinski definition) is 2. The maximum Gasteiger partial charge on any atom is 0.306 e. The van der Waals surface area contributed by atoms with Crippen LogP contribution in [0.4, 0.5) is 0 Å². The molecule has 0 aromatic rings. The van der Waals surface area contributed by atoms with Gasteiger partial charge in [-0.25, -0.2) is 0 Å². The average Bonchev–Trinajstić information content (AvgIpc) is 2.13. The molecule has 0 spiro atoms. The second-order valence-corrected chi connectivity index (χ2v) is 2.73. The van der Waals surface area contributed by atoms with E-state index in [1.165, 1.54) is 0 Å². The lowest BCUT2D eigenvalue weighted by molar-refractivity contribution is -0.141.